The number of nitrogens with two attached hydrogens (primary N) is 1. The maximum atomic E-state index is 12.1. The summed E-state index contributed by atoms with van der Waals surface area (Å²) in [4.78, 5) is -0.0618. The largest absolute Gasteiger partial charge is 0.381 e. The predicted octanol–water partition coefficient (Wildman–Crippen LogP) is -0.155. The molecule has 0 aliphatic heterocycles. The Bertz CT molecular complexity index is 664. The lowest BCUT2D eigenvalue weighted by Crippen LogP contribution is -2.14. The Labute approximate surface area is 104 Å². The van der Waals surface area contributed by atoms with E-state index in [9.17, 15) is 8.42 Å². The van der Waals surface area contributed by atoms with Crippen molar-refractivity contribution in [1.82, 2.24) is 19.6 Å². The standard InChI is InChI=1S/C9H14N6O2S/c1-6-4-8(11-15(6)3)13-18(16,17)7-5-14(2)12-9(7)10/h4-5H,1-3H3,(H2,10,12)(H,11,13). The summed E-state index contributed by atoms with van der Waals surface area (Å²) in [5.74, 6) is 0.205. The van der Waals surface area contributed by atoms with Crippen LogP contribution in [0.3, 0.4) is 0 Å². The van der Waals surface area contributed by atoms with Crippen molar-refractivity contribution in [3.05, 3.63) is 18.0 Å². The van der Waals surface area contributed by atoms with E-state index in [0.29, 0.717) is 0 Å². The quantitative estimate of drug-likeness (QED) is 0.806. The normalized spacial score (nSPS) is 11.7. The molecule has 2 aromatic heterocycles. The van der Waals surface area contributed by atoms with Gasteiger partial charge in [-0.25, -0.2) is 8.42 Å². The first kappa shape index (κ1) is 12.4. The molecule has 18 heavy (non-hydrogen) atoms. The summed E-state index contributed by atoms with van der Waals surface area (Å²) in [6, 6.07) is 1.63. The van der Waals surface area contributed by atoms with Gasteiger partial charge in [-0.05, 0) is 6.92 Å². The summed E-state index contributed by atoms with van der Waals surface area (Å²) in [6.07, 6.45) is 1.34. The van der Waals surface area contributed by atoms with Crippen LogP contribution in [0.25, 0.3) is 0 Å². The molecule has 2 aromatic rings. The van der Waals surface area contributed by atoms with Crippen molar-refractivity contribution in [2.45, 2.75) is 11.8 Å². The van der Waals surface area contributed by atoms with E-state index in [-0.39, 0.29) is 16.5 Å². The molecular weight excluding hydrogens is 256 g/mol. The van der Waals surface area contributed by atoms with E-state index in [4.69, 9.17) is 5.73 Å². The van der Waals surface area contributed by atoms with E-state index in [1.54, 1.807) is 24.8 Å². The highest BCUT2D eigenvalue weighted by Gasteiger charge is 2.21. The summed E-state index contributed by atoms with van der Waals surface area (Å²) in [5, 5.41) is 7.81. The molecule has 8 nitrogen and oxygen atoms in total. The van der Waals surface area contributed by atoms with Gasteiger partial charge in [0.05, 0.1) is 0 Å². The van der Waals surface area contributed by atoms with Crippen LogP contribution in [0.1, 0.15) is 5.69 Å². The molecule has 0 atom stereocenters. The molecule has 0 amide bonds. The number of hydrogen-bond donors (Lipinski definition) is 2. The minimum atomic E-state index is -3.76. The fourth-order valence-electron chi connectivity index (χ4n) is 1.49. The highest BCUT2D eigenvalue weighted by molar-refractivity contribution is 7.92. The predicted molar refractivity (Wildman–Crippen MR) is 66.4 cm³/mol. The van der Waals surface area contributed by atoms with Crippen molar-refractivity contribution in [1.29, 1.82) is 0 Å². The summed E-state index contributed by atoms with van der Waals surface area (Å²) in [7, 11) is -0.436. The van der Waals surface area contributed by atoms with E-state index < -0.39 is 10.0 Å². The molecule has 0 aliphatic rings. The second-order valence-corrected chi connectivity index (χ2v) is 5.60. The molecule has 2 heterocycles. The molecule has 0 aromatic carbocycles. The number of anilines is 2. The van der Waals surface area contributed by atoms with Gasteiger partial charge in [0.25, 0.3) is 10.0 Å². The van der Waals surface area contributed by atoms with Gasteiger partial charge in [0, 0.05) is 32.1 Å². The zero-order chi connectivity index (χ0) is 13.5. The van der Waals surface area contributed by atoms with E-state index in [2.05, 4.69) is 14.9 Å². The monoisotopic (exact) mass is 270 g/mol. The van der Waals surface area contributed by atoms with Gasteiger partial charge in [0.1, 0.15) is 4.90 Å². The summed E-state index contributed by atoms with van der Waals surface area (Å²) >= 11 is 0. The lowest BCUT2D eigenvalue weighted by Gasteiger charge is -2.02. The fourth-order valence-corrected chi connectivity index (χ4v) is 2.59. The van der Waals surface area contributed by atoms with Crippen molar-refractivity contribution in [2.24, 2.45) is 14.1 Å². The van der Waals surface area contributed by atoms with Gasteiger partial charge in [-0.15, -0.1) is 0 Å². The minimum Gasteiger partial charge on any atom is -0.381 e. The van der Waals surface area contributed by atoms with Gasteiger partial charge in [0.2, 0.25) is 0 Å². The van der Waals surface area contributed by atoms with Crippen LogP contribution in [-0.2, 0) is 24.1 Å². The molecule has 9 heteroatoms. The second kappa shape index (κ2) is 4.02. The van der Waals surface area contributed by atoms with Crippen LogP contribution in [0.5, 0.6) is 0 Å². The Kier molecular flexibility index (Phi) is 2.77. The number of rotatable bonds is 3. The number of sulfonamides is 1. The van der Waals surface area contributed by atoms with Crippen molar-refractivity contribution in [3.8, 4) is 0 Å². The maximum absolute atomic E-state index is 12.1. The Morgan fingerprint density at radius 2 is 2.00 bits per heavy atom. The fraction of sp³-hybridized carbons (Fsp3) is 0.333. The third kappa shape index (κ3) is 2.16. The van der Waals surface area contributed by atoms with Crippen LogP contribution in [0, 0.1) is 6.92 Å². The lowest BCUT2D eigenvalue weighted by molar-refractivity contribution is 0.601. The van der Waals surface area contributed by atoms with Crippen LogP contribution >= 0.6 is 0 Å². The SMILES string of the molecule is Cc1cc(NS(=O)(=O)c2cn(C)nc2N)nn1C. The van der Waals surface area contributed by atoms with E-state index in [1.165, 1.54) is 10.9 Å². The molecule has 0 fully saturated rings. The molecule has 0 saturated heterocycles. The summed E-state index contributed by atoms with van der Waals surface area (Å²) in [5.41, 5.74) is 6.38. The number of aryl methyl sites for hydroxylation is 3. The van der Waals surface area contributed by atoms with Crippen LogP contribution in [0.15, 0.2) is 17.2 Å². The number of aromatic nitrogens is 4. The van der Waals surface area contributed by atoms with Gasteiger partial charge in [-0.2, -0.15) is 10.2 Å². The molecule has 0 bridgehead atoms. The van der Waals surface area contributed by atoms with Gasteiger partial charge >= 0.3 is 0 Å². The zero-order valence-corrected chi connectivity index (χ0v) is 11.1. The first-order chi connectivity index (χ1) is 8.29. The topological polar surface area (TPSA) is 108 Å². The molecular formula is C9H14N6O2S. The maximum Gasteiger partial charge on any atom is 0.268 e. The number of nitrogens with zero attached hydrogens (tertiary/aromatic N) is 4. The van der Waals surface area contributed by atoms with E-state index in [1.807, 2.05) is 6.92 Å². The van der Waals surface area contributed by atoms with Crippen molar-refractivity contribution in [2.75, 3.05) is 10.5 Å². The molecule has 2 rings (SSSR count). The summed E-state index contributed by atoms with van der Waals surface area (Å²) in [6.45, 7) is 1.82. The Hall–Kier alpha value is -2.03. The zero-order valence-electron chi connectivity index (χ0n) is 10.2. The number of nitrogen functional groups attached to an aromatic ring is 1. The first-order valence-corrected chi connectivity index (χ1v) is 6.60. The van der Waals surface area contributed by atoms with Crippen molar-refractivity contribution < 1.29 is 8.42 Å². The Balaban J connectivity index is 2.35. The highest BCUT2D eigenvalue weighted by atomic mass is 32.2. The van der Waals surface area contributed by atoms with Crippen molar-refractivity contribution in [3.63, 3.8) is 0 Å². The molecule has 0 spiro atoms. The van der Waals surface area contributed by atoms with Crippen LogP contribution < -0.4 is 10.5 Å². The van der Waals surface area contributed by atoms with Crippen LogP contribution in [0.4, 0.5) is 11.6 Å². The molecule has 0 unspecified atom stereocenters. The molecule has 3 N–H and O–H groups in total. The minimum absolute atomic E-state index is 0.0438. The Morgan fingerprint density at radius 1 is 1.33 bits per heavy atom. The average molecular weight is 270 g/mol. The Morgan fingerprint density at radius 3 is 2.44 bits per heavy atom. The number of nitrogens with one attached hydrogen (secondary N) is 1. The third-order valence-corrected chi connectivity index (χ3v) is 3.84. The molecule has 98 valence electrons. The van der Waals surface area contributed by atoms with Crippen LogP contribution in [0.2, 0.25) is 0 Å². The molecule has 0 saturated carbocycles. The van der Waals surface area contributed by atoms with Gasteiger partial charge in [-0.3, -0.25) is 14.1 Å². The second-order valence-electron chi connectivity index (χ2n) is 3.95. The first-order valence-electron chi connectivity index (χ1n) is 5.12. The van der Waals surface area contributed by atoms with E-state index in [0.717, 1.165) is 5.69 Å². The average Bonchev–Trinajstić information content (AvgIpc) is 2.70. The van der Waals surface area contributed by atoms with Crippen LogP contribution in [-0.4, -0.2) is 28.0 Å². The van der Waals surface area contributed by atoms with Gasteiger partial charge in [-0.1, -0.05) is 0 Å². The number of hydrogen-bond acceptors (Lipinski definition) is 5. The van der Waals surface area contributed by atoms with Gasteiger partial charge in [0.15, 0.2) is 11.6 Å². The smallest absolute Gasteiger partial charge is 0.268 e. The summed E-state index contributed by atoms with van der Waals surface area (Å²) < 4.78 is 29.4. The van der Waals surface area contributed by atoms with Gasteiger partial charge < -0.3 is 5.73 Å². The van der Waals surface area contributed by atoms with E-state index >= 15 is 0 Å². The molecule has 0 radical (unpaired) electrons. The lowest BCUT2D eigenvalue weighted by atomic mass is 10.5. The van der Waals surface area contributed by atoms with Crippen molar-refractivity contribution >= 4 is 21.7 Å². The highest BCUT2D eigenvalue weighted by Crippen LogP contribution is 2.19. The third-order valence-electron chi connectivity index (χ3n) is 2.46. The molecule has 0 aliphatic carbocycles.